The fraction of sp³-hybridized carbons (Fsp3) is 0.611. The summed E-state index contributed by atoms with van der Waals surface area (Å²) in [5, 5.41) is 1.03. The Hall–Kier alpha value is -1.36. The van der Waals surface area contributed by atoms with E-state index >= 15 is 0 Å². The molecule has 1 aromatic carbocycles. The zero-order valence-corrected chi connectivity index (χ0v) is 26.0. The number of H-pyrrole nitrogens is 2. The highest BCUT2D eigenvalue weighted by Gasteiger charge is 2.62. The Morgan fingerprint density at radius 1 is 0.625 bits per heavy atom. The number of rotatable bonds is 7. The summed E-state index contributed by atoms with van der Waals surface area (Å²) in [5.74, 6) is 6.24. The molecule has 210 valence electrons. The van der Waals surface area contributed by atoms with Crippen LogP contribution in [0.1, 0.15) is 99.6 Å². The Balaban J connectivity index is 1.18. The largest absolute Gasteiger partial charge is 0.364 e. The first kappa shape index (κ1) is 25.2. The van der Waals surface area contributed by atoms with Crippen molar-refractivity contribution in [2.24, 2.45) is 35.5 Å². The van der Waals surface area contributed by atoms with E-state index in [1.807, 2.05) is 0 Å². The maximum Gasteiger partial charge on any atom is 0.0891 e. The van der Waals surface area contributed by atoms with Gasteiger partial charge in [0.15, 0.2) is 0 Å². The zero-order valence-electron chi connectivity index (χ0n) is 24.0. The van der Waals surface area contributed by atoms with Gasteiger partial charge in [0.05, 0.1) is 5.16 Å². The van der Waals surface area contributed by atoms with Gasteiger partial charge in [0.2, 0.25) is 0 Å². The van der Waals surface area contributed by atoms with Crippen molar-refractivity contribution in [2.75, 3.05) is 0 Å². The normalized spacial score (nSPS) is 40.1. The third kappa shape index (κ3) is 3.73. The molecule has 2 heterocycles. The molecule has 2 aromatic heterocycles. The Morgan fingerprint density at radius 2 is 1.05 bits per heavy atom. The van der Waals surface area contributed by atoms with Gasteiger partial charge in [-0.25, -0.2) is 0 Å². The summed E-state index contributed by atoms with van der Waals surface area (Å²) < 4.78 is 0. The first-order valence-electron chi connectivity index (χ1n) is 16.4. The lowest BCUT2D eigenvalue weighted by Crippen LogP contribution is -2.56. The lowest BCUT2D eigenvalue weighted by Gasteiger charge is -2.67. The number of aromatic amines is 2. The first-order chi connectivity index (χ1) is 19.5. The minimum absolute atomic E-state index is 0.0931. The predicted molar refractivity (Wildman–Crippen MR) is 170 cm³/mol. The Morgan fingerprint density at radius 3 is 1.45 bits per heavy atom. The van der Waals surface area contributed by atoms with Gasteiger partial charge in [-0.2, -0.15) is 0 Å². The van der Waals surface area contributed by atoms with Gasteiger partial charge in [-0.3, -0.25) is 0 Å². The maximum absolute atomic E-state index is 3.63. The van der Waals surface area contributed by atoms with Gasteiger partial charge in [-0.1, -0.05) is 32.2 Å². The summed E-state index contributed by atoms with van der Waals surface area (Å²) in [5.41, 5.74) is 5.66. The summed E-state index contributed by atoms with van der Waals surface area (Å²) in [7, 11) is 3.22. The van der Waals surface area contributed by atoms with E-state index in [0.717, 1.165) is 35.5 Å². The number of hydrogen-bond donors (Lipinski definition) is 2. The van der Waals surface area contributed by atoms with Crippen LogP contribution in [-0.2, 0) is 11.3 Å². The van der Waals surface area contributed by atoms with Crippen molar-refractivity contribution in [3.05, 3.63) is 83.4 Å². The number of benzene rings is 1. The highest BCUT2D eigenvalue weighted by Crippen LogP contribution is 2.79. The SMILES string of the molecule is PC(c1ccc[nH]1)(c1ccc[nH]1)c1ccccc1CP(C12CC3CC(CC(C3)C1)C2)C12CC3CC(CC(C3)C1)C2. The van der Waals surface area contributed by atoms with Crippen LogP contribution >= 0.6 is 17.2 Å². The molecule has 8 saturated carbocycles. The minimum atomic E-state index is -0.284. The summed E-state index contributed by atoms with van der Waals surface area (Å²) in [6.45, 7) is 0. The van der Waals surface area contributed by atoms with Crippen LogP contribution < -0.4 is 0 Å². The van der Waals surface area contributed by atoms with Crippen LogP contribution in [0.2, 0.25) is 0 Å². The summed E-state index contributed by atoms with van der Waals surface area (Å²) in [4.78, 5) is 7.25. The summed E-state index contributed by atoms with van der Waals surface area (Å²) in [6, 6.07) is 18.5. The molecule has 1 atom stereocenters. The van der Waals surface area contributed by atoms with Gasteiger partial charge in [0.25, 0.3) is 0 Å². The van der Waals surface area contributed by atoms with Crippen molar-refractivity contribution in [3.63, 3.8) is 0 Å². The molecule has 3 aromatic rings. The molecule has 1 unspecified atom stereocenters. The fourth-order valence-corrected chi connectivity index (χ4v) is 18.2. The number of nitrogens with one attached hydrogen (secondary N) is 2. The Kier molecular flexibility index (Phi) is 5.71. The second-order valence-electron chi connectivity index (χ2n) is 15.5. The monoisotopic (exact) mass is 568 g/mol. The van der Waals surface area contributed by atoms with E-state index in [9.17, 15) is 0 Å². The highest BCUT2D eigenvalue weighted by atomic mass is 31.1. The van der Waals surface area contributed by atoms with Crippen LogP contribution in [0.25, 0.3) is 0 Å². The van der Waals surface area contributed by atoms with Crippen molar-refractivity contribution in [3.8, 4) is 0 Å². The lowest BCUT2D eigenvalue weighted by atomic mass is 9.55. The molecule has 40 heavy (non-hydrogen) atoms. The summed E-state index contributed by atoms with van der Waals surface area (Å²) >= 11 is 0. The smallest absolute Gasteiger partial charge is 0.0891 e. The van der Waals surface area contributed by atoms with Crippen LogP contribution in [0, 0.1) is 35.5 Å². The number of aromatic nitrogens is 2. The molecule has 8 fully saturated rings. The Bertz CT molecular complexity index is 1220. The van der Waals surface area contributed by atoms with Crippen molar-refractivity contribution >= 4 is 17.2 Å². The van der Waals surface area contributed by atoms with E-state index in [-0.39, 0.29) is 13.1 Å². The van der Waals surface area contributed by atoms with Gasteiger partial charge in [-0.15, -0.1) is 9.24 Å². The van der Waals surface area contributed by atoms with E-state index < -0.39 is 0 Å². The third-order valence-electron chi connectivity index (χ3n) is 13.0. The van der Waals surface area contributed by atoms with Gasteiger partial charge in [-0.05, 0) is 164 Å². The van der Waals surface area contributed by atoms with E-state index in [2.05, 4.69) is 80.1 Å². The fourth-order valence-electron chi connectivity index (χ4n) is 12.4. The van der Waals surface area contributed by atoms with Crippen molar-refractivity contribution in [2.45, 2.75) is 98.7 Å². The van der Waals surface area contributed by atoms with Crippen LogP contribution in [-0.4, -0.2) is 20.3 Å². The molecule has 2 nitrogen and oxygen atoms in total. The molecule has 8 bridgehead atoms. The van der Waals surface area contributed by atoms with E-state index in [1.54, 1.807) is 82.6 Å². The second-order valence-corrected chi connectivity index (χ2v) is 19.4. The van der Waals surface area contributed by atoms with Crippen molar-refractivity contribution < 1.29 is 0 Å². The second kappa shape index (κ2) is 9.07. The molecule has 4 heteroatoms. The van der Waals surface area contributed by atoms with Gasteiger partial charge < -0.3 is 9.97 Å². The van der Waals surface area contributed by atoms with Crippen LogP contribution in [0.4, 0.5) is 0 Å². The van der Waals surface area contributed by atoms with E-state index in [4.69, 9.17) is 0 Å². The predicted octanol–water partition coefficient (Wildman–Crippen LogP) is 9.43. The van der Waals surface area contributed by atoms with Crippen LogP contribution in [0.15, 0.2) is 60.9 Å². The maximum atomic E-state index is 3.63. The quantitative estimate of drug-likeness (QED) is 0.266. The molecular formula is C36H46N2P2. The molecule has 8 aliphatic carbocycles. The molecule has 0 amide bonds. The zero-order chi connectivity index (χ0) is 26.5. The summed E-state index contributed by atoms with van der Waals surface area (Å²) in [6.07, 6.45) is 24.4. The standard InChI is InChI=1S/C36H46N2P2/c39-36(32-7-3-9-37-32,33-8-4-10-38-33)31-6-2-1-5-30(31)23-40(34-17-24-11-25(18-34)13-26(12-24)19-34)35-20-27-14-28(21-35)16-29(15-27)22-35/h1-10,24-29,37-38H,11-23,39H2. The molecule has 0 saturated heterocycles. The van der Waals surface area contributed by atoms with Gasteiger partial charge in [0, 0.05) is 23.8 Å². The van der Waals surface area contributed by atoms with Crippen molar-refractivity contribution in [1.29, 1.82) is 0 Å². The van der Waals surface area contributed by atoms with Gasteiger partial charge >= 0.3 is 0 Å². The topological polar surface area (TPSA) is 31.6 Å². The van der Waals surface area contributed by atoms with Crippen LogP contribution in [0.3, 0.4) is 0 Å². The van der Waals surface area contributed by atoms with Gasteiger partial charge in [0.1, 0.15) is 0 Å². The van der Waals surface area contributed by atoms with E-state index in [0.29, 0.717) is 10.3 Å². The average molecular weight is 569 g/mol. The van der Waals surface area contributed by atoms with E-state index in [1.165, 1.54) is 23.1 Å². The minimum Gasteiger partial charge on any atom is -0.364 e. The van der Waals surface area contributed by atoms with Crippen LogP contribution in [0.5, 0.6) is 0 Å². The molecular weight excluding hydrogens is 522 g/mol. The van der Waals surface area contributed by atoms with Crippen molar-refractivity contribution in [1.82, 2.24) is 9.97 Å². The molecule has 2 N–H and O–H groups in total. The molecule has 11 rings (SSSR count). The first-order valence-corrected chi connectivity index (χ1v) is 18.5. The average Bonchev–Trinajstić information content (AvgIpc) is 3.66. The highest BCUT2D eigenvalue weighted by molar-refractivity contribution is 7.60. The molecule has 0 aliphatic heterocycles. The number of hydrogen-bond acceptors (Lipinski definition) is 0. The Labute approximate surface area is 244 Å². The lowest BCUT2D eigenvalue weighted by molar-refractivity contribution is 0.0184. The third-order valence-corrected chi connectivity index (χ3v) is 17.9. The molecule has 0 radical (unpaired) electrons. The molecule has 0 spiro atoms. The molecule has 8 aliphatic rings.